The maximum atomic E-state index is 12.8. The molecule has 2 N–H and O–H groups in total. The fourth-order valence-electron chi connectivity index (χ4n) is 3.61. The Morgan fingerprint density at radius 3 is 2.68 bits per heavy atom. The molecular weight excluding hydrogens is 497 g/mol. The lowest BCUT2D eigenvalue weighted by molar-refractivity contribution is -0.147. The number of halogens is 2. The summed E-state index contributed by atoms with van der Waals surface area (Å²) in [5.41, 5.74) is 2.20. The van der Waals surface area contributed by atoms with Gasteiger partial charge in [-0.25, -0.2) is 4.98 Å². The van der Waals surface area contributed by atoms with E-state index < -0.39 is 5.97 Å². The van der Waals surface area contributed by atoms with Crippen molar-refractivity contribution in [2.45, 2.75) is 26.5 Å². The predicted octanol–water partition coefficient (Wildman–Crippen LogP) is 5.67. The molecule has 7 nitrogen and oxygen atoms in total. The van der Waals surface area contributed by atoms with E-state index in [4.69, 9.17) is 33.0 Å². The van der Waals surface area contributed by atoms with Crippen LogP contribution in [-0.4, -0.2) is 46.1 Å². The number of rotatable bonds is 8. The second kappa shape index (κ2) is 10.3. The van der Waals surface area contributed by atoms with E-state index in [1.165, 1.54) is 11.3 Å². The van der Waals surface area contributed by atoms with Crippen molar-refractivity contribution in [2.24, 2.45) is 5.92 Å². The van der Waals surface area contributed by atoms with Crippen molar-refractivity contribution in [2.75, 3.05) is 18.4 Å². The molecule has 1 amide bonds. The van der Waals surface area contributed by atoms with Gasteiger partial charge >= 0.3 is 5.97 Å². The van der Waals surface area contributed by atoms with Crippen molar-refractivity contribution in [3.8, 4) is 16.2 Å². The van der Waals surface area contributed by atoms with Crippen LogP contribution in [-0.2, 0) is 11.3 Å². The quantitative estimate of drug-likeness (QED) is 0.398. The number of likely N-dealkylation sites (tertiary alicyclic amines) is 1. The minimum atomic E-state index is -0.767. The van der Waals surface area contributed by atoms with E-state index in [0.717, 1.165) is 16.0 Å². The molecule has 2 aromatic carbocycles. The number of carboxylic acid groups (broad SMARTS) is 1. The zero-order chi connectivity index (χ0) is 24.4. The largest absolute Gasteiger partial charge is 0.489 e. The summed E-state index contributed by atoms with van der Waals surface area (Å²) in [4.78, 5) is 30.8. The molecule has 0 unspecified atom stereocenters. The highest BCUT2D eigenvalue weighted by Gasteiger charge is 2.32. The normalized spacial score (nSPS) is 14.1. The van der Waals surface area contributed by atoms with Gasteiger partial charge in [0.2, 0.25) is 0 Å². The van der Waals surface area contributed by atoms with Gasteiger partial charge < -0.3 is 15.2 Å². The minimum absolute atomic E-state index is 0.0563. The van der Waals surface area contributed by atoms with E-state index in [0.29, 0.717) is 41.1 Å². The van der Waals surface area contributed by atoms with Gasteiger partial charge in [0.15, 0.2) is 5.01 Å². The third kappa shape index (κ3) is 5.52. The number of carboxylic acids is 1. The lowest BCUT2D eigenvalue weighted by atomic mass is 9.99. The second-order valence-corrected chi connectivity index (χ2v) is 10.2. The third-order valence-electron chi connectivity index (χ3n) is 5.28. The van der Waals surface area contributed by atoms with Crippen LogP contribution in [0.25, 0.3) is 10.4 Å². The number of benzene rings is 2. The van der Waals surface area contributed by atoms with Gasteiger partial charge in [-0.3, -0.25) is 14.5 Å². The monoisotopic (exact) mass is 519 g/mol. The van der Waals surface area contributed by atoms with Gasteiger partial charge in [-0.05, 0) is 43.7 Å². The van der Waals surface area contributed by atoms with Gasteiger partial charge in [0, 0.05) is 31.4 Å². The zero-order valence-electron chi connectivity index (χ0n) is 18.5. The third-order valence-corrected chi connectivity index (χ3v) is 6.92. The molecule has 1 aliphatic heterocycles. The van der Waals surface area contributed by atoms with E-state index in [2.05, 4.69) is 10.3 Å². The van der Waals surface area contributed by atoms with Crippen LogP contribution in [0.1, 0.15) is 29.2 Å². The number of anilines is 1. The van der Waals surface area contributed by atoms with Crippen molar-refractivity contribution in [3.05, 3.63) is 63.2 Å². The first-order valence-electron chi connectivity index (χ1n) is 10.7. The van der Waals surface area contributed by atoms with Crippen LogP contribution >= 0.6 is 34.5 Å². The average Bonchev–Trinajstić information content (AvgIpc) is 3.23. The lowest BCUT2D eigenvalue weighted by Crippen LogP contribution is -2.49. The number of thiazole rings is 1. The molecule has 0 atom stereocenters. The van der Waals surface area contributed by atoms with Crippen LogP contribution in [0.4, 0.5) is 5.69 Å². The zero-order valence-corrected chi connectivity index (χ0v) is 20.9. The molecule has 1 aromatic heterocycles. The van der Waals surface area contributed by atoms with Crippen molar-refractivity contribution in [3.63, 3.8) is 0 Å². The van der Waals surface area contributed by atoms with E-state index >= 15 is 0 Å². The summed E-state index contributed by atoms with van der Waals surface area (Å²) in [6.45, 7) is 5.49. The van der Waals surface area contributed by atoms with Crippen molar-refractivity contribution in [1.82, 2.24) is 9.88 Å². The first kappa shape index (κ1) is 24.5. The summed E-state index contributed by atoms with van der Waals surface area (Å²) in [6, 6.07) is 10.9. The van der Waals surface area contributed by atoms with E-state index in [-0.39, 0.29) is 22.9 Å². The molecule has 4 rings (SSSR count). The lowest BCUT2D eigenvalue weighted by Gasteiger charge is -2.36. The van der Waals surface area contributed by atoms with E-state index in [9.17, 15) is 9.59 Å². The van der Waals surface area contributed by atoms with Gasteiger partial charge in [-0.2, -0.15) is 0 Å². The molecule has 1 fully saturated rings. The molecule has 0 spiro atoms. The van der Waals surface area contributed by atoms with E-state index in [1.807, 2.05) is 36.9 Å². The summed E-state index contributed by atoms with van der Waals surface area (Å²) in [5.74, 6) is -0.884. The molecule has 2 heterocycles. The van der Waals surface area contributed by atoms with Crippen LogP contribution in [0, 0.1) is 5.92 Å². The first-order valence-corrected chi connectivity index (χ1v) is 12.2. The smallest absolute Gasteiger partial charge is 0.309 e. The van der Waals surface area contributed by atoms with Gasteiger partial charge in [-0.1, -0.05) is 35.3 Å². The number of aromatic nitrogens is 1. The molecule has 3 aromatic rings. The Labute approximate surface area is 211 Å². The number of aliphatic carboxylic acids is 1. The Morgan fingerprint density at radius 2 is 2.00 bits per heavy atom. The Morgan fingerprint density at radius 1 is 1.24 bits per heavy atom. The predicted molar refractivity (Wildman–Crippen MR) is 134 cm³/mol. The summed E-state index contributed by atoms with van der Waals surface area (Å²) in [7, 11) is 0. The van der Waals surface area contributed by atoms with Crippen molar-refractivity contribution < 1.29 is 19.4 Å². The van der Waals surface area contributed by atoms with Crippen LogP contribution in [0.15, 0.2) is 42.6 Å². The highest BCUT2D eigenvalue weighted by molar-refractivity contribution is 7.17. The van der Waals surface area contributed by atoms with Crippen molar-refractivity contribution in [1.29, 1.82) is 0 Å². The minimum Gasteiger partial charge on any atom is -0.489 e. The number of hydrogen-bond acceptors (Lipinski definition) is 6. The molecule has 1 saturated heterocycles. The number of nitrogens with zero attached hydrogens (tertiary/aromatic N) is 2. The SMILES string of the molecule is CC(C)Oc1c(Cl)cccc1-c1cnc(C(=O)Nc2ccc(CN3CC(C(=O)O)C3)cc2Cl)s1. The molecule has 0 aliphatic carbocycles. The van der Waals surface area contributed by atoms with E-state index in [1.54, 1.807) is 24.4 Å². The first-order chi connectivity index (χ1) is 16.2. The fraction of sp³-hybridized carbons (Fsp3) is 0.292. The van der Waals surface area contributed by atoms with Crippen LogP contribution in [0.3, 0.4) is 0 Å². The molecule has 178 valence electrons. The number of para-hydroxylation sites is 1. The second-order valence-electron chi connectivity index (χ2n) is 8.31. The summed E-state index contributed by atoms with van der Waals surface area (Å²) in [6.07, 6.45) is 1.57. The number of amides is 1. The average molecular weight is 520 g/mol. The van der Waals surface area contributed by atoms with Gasteiger partial charge in [0.05, 0.1) is 32.6 Å². The van der Waals surface area contributed by atoms with Crippen molar-refractivity contribution >= 4 is 52.1 Å². The summed E-state index contributed by atoms with van der Waals surface area (Å²) < 4.78 is 5.88. The molecule has 10 heteroatoms. The fourth-order valence-corrected chi connectivity index (χ4v) is 4.91. The topological polar surface area (TPSA) is 91.8 Å². The van der Waals surface area contributed by atoms with Crippen LogP contribution in [0.5, 0.6) is 5.75 Å². The van der Waals surface area contributed by atoms with Gasteiger partial charge in [-0.15, -0.1) is 11.3 Å². The van der Waals surface area contributed by atoms with Crippen LogP contribution < -0.4 is 10.1 Å². The maximum Gasteiger partial charge on any atom is 0.309 e. The Hall–Kier alpha value is -2.65. The molecule has 0 bridgehead atoms. The molecular formula is C24H23Cl2N3O4S. The van der Waals surface area contributed by atoms with Crippen LogP contribution in [0.2, 0.25) is 10.0 Å². The standard InChI is InChI=1S/C24H23Cl2N3O4S/c1-13(2)33-21-16(4-3-5-17(21)25)20-9-27-23(34-20)22(30)28-19-7-6-14(8-18(19)26)10-29-11-15(12-29)24(31)32/h3-9,13,15H,10-12H2,1-2H3,(H,28,30)(H,31,32). The summed E-state index contributed by atoms with van der Waals surface area (Å²) in [5, 5.41) is 13.0. The highest BCUT2D eigenvalue weighted by atomic mass is 35.5. The van der Waals surface area contributed by atoms with Gasteiger partial charge in [0.1, 0.15) is 5.75 Å². The molecule has 1 aliphatic rings. The Kier molecular flexibility index (Phi) is 7.42. The maximum absolute atomic E-state index is 12.8. The van der Waals surface area contributed by atoms with Gasteiger partial charge in [0.25, 0.3) is 5.91 Å². The number of carbonyl (C=O) groups excluding carboxylic acids is 1. The highest BCUT2D eigenvalue weighted by Crippen LogP contribution is 2.39. The number of hydrogen-bond donors (Lipinski definition) is 2. The number of nitrogens with one attached hydrogen (secondary N) is 1. The Balaban J connectivity index is 1.44. The molecule has 0 saturated carbocycles. The summed E-state index contributed by atoms with van der Waals surface area (Å²) >= 11 is 14.0. The molecule has 0 radical (unpaired) electrons. The molecule has 34 heavy (non-hydrogen) atoms. The number of carbonyl (C=O) groups is 2. The Bertz CT molecular complexity index is 1220. The number of ether oxygens (including phenoxy) is 1.